The zero-order valence-corrected chi connectivity index (χ0v) is 12.9. The first-order valence-electron chi connectivity index (χ1n) is 8.28. The van der Waals surface area contributed by atoms with Crippen LogP contribution < -0.4 is 10.6 Å². The Morgan fingerprint density at radius 3 is 2.18 bits per heavy atom. The van der Waals surface area contributed by atoms with Crippen LogP contribution in [0.2, 0.25) is 0 Å². The fraction of sp³-hybridized carbons (Fsp3) is 0.933. The van der Waals surface area contributed by atoms with Crippen molar-refractivity contribution < 1.29 is 18.0 Å². The number of carbonyl (C=O) groups excluding carboxylic acids is 1. The summed E-state index contributed by atoms with van der Waals surface area (Å²) in [6.07, 6.45) is 4.38. The van der Waals surface area contributed by atoms with Crippen LogP contribution in [0.25, 0.3) is 0 Å². The summed E-state index contributed by atoms with van der Waals surface area (Å²) in [5.41, 5.74) is 0. The molecule has 0 aromatic heterocycles. The maximum absolute atomic E-state index is 12.3. The fourth-order valence-electron chi connectivity index (χ4n) is 3.36. The van der Waals surface area contributed by atoms with Gasteiger partial charge >= 0.3 is 12.2 Å². The number of likely N-dealkylation sites (tertiary alicyclic amines) is 1. The number of hydrogen-bond acceptors (Lipinski definition) is 2. The van der Waals surface area contributed by atoms with Crippen molar-refractivity contribution in [1.29, 1.82) is 0 Å². The standard InChI is InChI=1S/C15H26F3N3O/c16-15(17,18)11-21-9-8-13(10-21)20-14(22)19-12-6-4-2-1-3-5-7-12/h12-13H,1-11H2,(H2,19,20,22)/t13-/m1/s1. The number of alkyl halides is 3. The third-order valence-electron chi connectivity index (χ3n) is 4.45. The molecule has 1 heterocycles. The smallest absolute Gasteiger partial charge is 0.335 e. The molecule has 2 fully saturated rings. The lowest BCUT2D eigenvalue weighted by atomic mass is 9.97. The van der Waals surface area contributed by atoms with Gasteiger partial charge in [-0.2, -0.15) is 13.2 Å². The Morgan fingerprint density at radius 2 is 1.55 bits per heavy atom. The number of hydrogen-bond donors (Lipinski definition) is 2. The third kappa shape index (κ3) is 6.42. The third-order valence-corrected chi connectivity index (χ3v) is 4.45. The lowest BCUT2D eigenvalue weighted by Gasteiger charge is -2.23. The molecule has 2 rings (SSSR count). The van der Waals surface area contributed by atoms with Crippen LogP contribution in [-0.2, 0) is 0 Å². The largest absolute Gasteiger partial charge is 0.401 e. The van der Waals surface area contributed by atoms with E-state index in [0.717, 1.165) is 25.7 Å². The number of amides is 2. The predicted molar refractivity (Wildman–Crippen MR) is 78.7 cm³/mol. The van der Waals surface area contributed by atoms with E-state index in [2.05, 4.69) is 10.6 Å². The summed E-state index contributed by atoms with van der Waals surface area (Å²) in [6, 6.07) is -0.215. The summed E-state index contributed by atoms with van der Waals surface area (Å²) >= 11 is 0. The van der Waals surface area contributed by atoms with Gasteiger partial charge < -0.3 is 10.6 Å². The zero-order chi connectivity index (χ0) is 16.0. The van der Waals surface area contributed by atoms with Crippen LogP contribution in [0.15, 0.2) is 0 Å². The maximum atomic E-state index is 12.3. The molecule has 1 atom stereocenters. The average Bonchev–Trinajstić information content (AvgIpc) is 2.77. The molecule has 1 saturated carbocycles. The second kappa shape index (κ2) is 8.04. The van der Waals surface area contributed by atoms with Crippen molar-refractivity contribution in [2.24, 2.45) is 0 Å². The van der Waals surface area contributed by atoms with Gasteiger partial charge in [-0.05, 0) is 19.3 Å². The lowest BCUT2D eigenvalue weighted by molar-refractivity contribution is -0.143. The summed E-state index contributed by atoms with van der Waals surface area (Å²) in [6.45, 7) is -0.235. The quantitative estimate of drug-likeness (QED) is 0.839. The van der Waals surface area contributed by atoms with Crippen LogP contribution in [0.5, 0.6) is 0 Å². The van der Waals surface area contributed by atoms with E-state index in [9.17, 15) is 18.0 Å². The summed E-state index contributed by atoms with van der Waals surface area (Å²) in [7, 11) is 0. The van der Waals surface area contributed by atoms with Crippen LogP contribution in [0.4, 0.5) is 18.0 Å². The van der Waals surface area contributed by atoms with Gasteiger partial charge in [0, 0.05) is 25.2 Å². The number of urea groups is 1. The van der Waals surface area contributed by atoms with E-state index in [1.54, 1.807) is 0 Å². The molecule has 0 spiro atoms. The molecule has 0 bridgehead atoms. The van der Waals surface area contributed by atoms with Gasteiger partial charge in [-0.25, -0.2) is 4.79 Å². The van der Waals surface area contributed by atoms with Gasteiger partial charge in [0.15, 0.2) is 0 Å². The van der Waals surface area contributed by atoms with E-state index in [-0.39, 0.29) is 24.7 Å². The normalized spacial score (nSPS) is 25.5. The van der Waals surface area contributed by atoms with E-state index in [4.69, 9.17) is 0 Å². The Kier molecular flexibility index (Phi) is 6.35. The molecule has 7 heteroatoms. The topological polar surface area (TPSA) is 44.4 Å². The molecule has 0 unspecified atom stereocenters. The Morgan fingerprint density at radius 1 is 0.955 bits per heavy atom. The Labute approximate surface area is 129 Å². The van der Waals surface area contributed by atoms with Crippen molar-refractivity contribution >= 4 is 6.03 Å². The number of carbonyl (C=O) groups is 1. The molecule has 1 saturated heterocycles. The van der Waals surface area contributed by atoms with Crippen LogP contribution in [0, 0.1) is 0 Å². The van der Waals surface area contributed by atoms with Crippen LogP contribution in [0.1, 0.15) is 51.4 Å². The van der Waals surface area contributed by atoms with Gasteiger partial charge in [-0.15, -0.1) is 0 Å². The summed E-state index contributed by atoms with van der Waals surface area (Å²) in [4.78, 5) is 13.3. The van der Waals surface area contributed by atoms with Gasteiger partial charge in [0.25, 0.3) is 0 Å². The maximum Gasteiger partial charge on any atom is 0.401 e. The summed E-state index contributed by atoms with van der Waals surface area (Å²) < 4.78 is 37.0. The van der Waals surface area contributed by atoms with E-state index < -0.39 is 12.7 Å². The Balaban J connectivity index is 1.68. The van der Waals surface area contributed by atoms with E-state index in [1.807, 2.05) is 0 Å². The molecule has 2 N–H and O–H groups in total. The molecular formula is C15H26F3N3O. The molecule has 0 aromatic rings. The van der Waals surface area contributed by atoms with Crippen molar-refractivity contribution in [3.63, 3.8) is 0 Å². The number of nitrogens with zero attached hydrogens (tertiary/aromatic N) is 1. The lowest BCUT2D eigenvalue weighted by Crippen LogP contribution is -2.47. The molecular weight excluding hydrogens is 295 g/mol. The monoisotopic (exact) mass is 321 g/mol. The molecule has 2 amide bonds. The van der Waals surface area contributed by atoms with Crippen molar-refractivity contribution in [3.05, 3.63) is 0 Å². The van der Waals surface area contributed by atoms with Crippen molar-refractivity contribution in [2.45, 2.75) is 69.6 Å². The minimum absolute atomic E-state index is 0.184. The van der Waals surface area contributed by atoms with Gasteiger partial charge in [0.2, 0.25) is 0 Å². The fourth-order valence-corrected chi connectivity index (χ4v) is 3.36. The Bertz CT molecular complexity index is 354. The molecule has 1 aliphatic carbocycles. The molecule has 4 nitrogen and oxygen atoms in total. The predicted octanol–water partition coefficient (Wildman–Crippen LogP) is 3.04. The van der Waals surface area contributed by atoms with Crippen molar-refractivity contribution in [1.82, 2.24) is 15.5 Å². The van der Waals surface area contributed by atoms with Crippen molar-refractivity contribution in [2.75, 3.05) is 19.6 Å². The first kappa shape index (κ1) is 17.4. The first-order valence-corrected chi connectivity index (χ1v) is 8.28. The van der Waals surface area contributed by atoms with Crippen LogP contribution >= 0.6 is 0 Å². The van der Waals surface area contributed by atoms with Crippen LogP contribution in [-0.4, -0.2) is 48.8 Å². The SMILES string of the molecule is O=C(NC1CCCCCCC1)N[C@@H]1CCN(CC(F)(F)F)C1. The summed E-state index contributed by atoms with van der Waals surface area (Å²) in [5, 5.41) is 5.80. The molecule has 1 aliphatic heterocycles. The second-order valence-electron chi connectivity index (χ2n) is 6.50. The van der Waals surface area contributed by atoms with Gasteiger partial charge in [-0.1, -0.05) is 32.1 Å². The second-order valence-corrected chi connectivity index (χ2v) is 6.50. The molecule has 2 aliphatic rings. The highest BCUT2D eigenvalue weighted by Crippen LogP contribution is 2.20. The first-order chi connectivity index (χ1) is 10.4. The zero-order valence-electron chi connectivity index (χ0n) is 12.9. The molecule has 128 valence electrons. The molecule has 0 aromatic carbocycles. The summed E-state index contributed by atoms with van der Waals surface area (Å²) in [5.74, 6) is 0. The number of halogens is 3. The minimum atomic E-state index is -4.17. The Hall–Kier alpha value is -0.980. The average molecular weight is 321 g/mol. The highest BCUT2D eigenvalue weighted by molar-refractivity contribution is 5.74. The number of nitrogens with one attached hydrogen (secondary N) is 2. The number of rotatable bonds is 3. The van der Waals surface area contributed by atoms with Gasteiger partial charge in [0.1, 0.15) is 0 Å². The van der Waals surface area contributed by atoms with Gasteiger partial charge in [-0.3, -0.25) is 4.90 Å². The minimum Gasteiger partial charge on any atom is -0.335 e. The molecule has 22 heavy (non-hydrogen) atoms. The highest BCUT2D eigenvalue weighted by Gasteiger charge is 2.34. The highest BCUT2D eigenvalue weighted by atomic mass is 19.4. The molecule has 0 radical (unpaired) electrons. The van der Waals surface area contributed by atoms with Gasteiger partial charge in [0.05, 0.1) is 6.54 Å². The van der Waals surface area contributed by atoms with E-state index in [1.165, 1.54) is 24.2 Å². The van der Waals surface area contributed by atoms with Crippen molar-refractivity contribution in [3.8, 4) is 0 Å². The van der Waals surface area contributed by atoms with E-state index >= 15 is 0 Å². The van der Waals surface area contributed by atoms with Crippen LogP contribution in [0.3, 0.4) is 0 Å². The van der Waals surface area contributed by atoms with E-state index in [0.29, 0.717) is 13.0 Å².